The highest BCUT2D eigenvalue weighted by Gasteiger charge is 2.47. The molecule has 0 fully saturated rings. The Hall–Kier alpha value is -0.720. The van der Waals surface area contributed by atoms with Gasteiger partial charge >= 0.3 is 0 Å². The van der Waals surface area contributed by atoms with E-state index in [2.05, 4.69) is 11.1 Å². The van der Waals surface area contributed by atoms with Crippen LogP contribution in [0.2, 0.25) is 0 Å². The van der Waals surface area contributed by atoms with Gasteiger partial charge in [0.15, 0.2) is 5.78 Å². The molecule has 13 heavy (non-hydrogen) atoms. The molecule has 0 saturated heterocycles. The zero-order chi connectivity index (χ0) is 11.6. The van der Waals surface area contributed by atoms with Crippen molar-refractivity contribution < 1.29 is 17.8 Å². The second-order valence-corrected chi connectivity index (χ2v) is 4.55. The first-order valence-corrected chi connectivity index (χ1v) is 5.00. The van der Waals surface area contributed by atoms with Crippen molar-refractivity contribution in [3.63, 3.8) is 0 Å². The van der Waals surface area contributed by atoms with Gasteiger partial charge < -0.3 is 5.73 Å². The normalized spacial score (nSPS) is 17.7. The van der Waals surface area contributed by atoms with E-state index in [1.807, 2.05) is 0 Å². The highest BCUT2D eigenvalue weighted by molar-refractivity contribution is 7.88. The quantitative estimate of drug-likeness (QED) is 0.487. The maximum Gasteiger partial charge on any atom is 0.291 e. The number of hydrogen-bond donors (Lipinski definition) is 2. The molecule has 0 aromatic carbocycles. The third-order valence-electron chi connectivity index (χ3n) is 1.84. The van der Waals surface area contributed by atoms with Crippen LogP contribution in [0.1, 0.15) is 13.8 Å². The summed E-state index contributed by atoms with van der Waals surface area (Å²) in [7, 11) is -4.45. The molecule has 0 bridgehead atoms. The lowest BCUT2D eigenvalue weighted by Gasteiger charge is -2.26. The molecule has 0 heterocycles. The first kappa shape index (κ1) is 10.4. The van der Waals surface area contributed by atoms with Gasteiger partial charge in [-0.3, -0.25) is 9.35 Å². The van der Waals surface area contributed by atoms with Crippen LogP contribution in [0.5, 0.6) is 0 Å². The van der Waals surface area contributed by atoms with Crippen LogP contribution >= 0.6 is 0 Å². The summed E-state index contributed by atoms with van der Waals surface area (Å²) in [6.07, 6.45) is 0.802. The third kappa shape index (κ3) is 1.96. The van der Waals surface area contributed by atoms with Crippen molar-refractivity contribution in [2.24, 2.45) is 11.7 Å². The van der Waals surface area contributed by atoms with Gasteiger partial charge in [-0.1, -0.05) is 20.4 Å². The number of hydrogen-bond acceptors (Lipinski definition) is 5. The number of nitrogens with two attached hydrogens (primary N) is 1. The van der Waals surface area contributed by atoms with E-state index in [9.17, 15) is 13.2 Å². The van der Waals surface area contributed by atoms with Crippen molar-refractivity contribution in [3.05, 3.63) is 12.7 Å². The molecule has 0 radical (unpaired) electrons. The van der Waals surface area contributed by atoms with E-state index >= 15 is 0 Å². The van der Waals surface area contributed by atoms with E-state index in [-0.39, 0.29) is 0 Å². The molecule has 76 valence electrons. The molecule has 0 aliphatic carbocycles. The van der Waals surface area contributed by atoms with E-state index < -0.39 is 26.7 Å². The van der Waals surface area contributed by atoms with Gasteiger partial charge in [0.1, 0.15) is 0 Å². The standard InChI is InChI=1S/C7H13NO4S/c1-4-6(9)7(8,5(2)3)13(10,11)12/h4-5H,1,8H2,2-3H3,(H,10,11,12)/i/hD. The molecule has 1 unspecified atom stereocenters. The summed E-state index contributed by atoms with van der Waals surface area (Å²) < 4.78 is 32.4. The molecule has 0 aromatic rings. The summed E-state index contributed by atoms with van der Waals surface area (Å²) in [5, 5.41) is 0. The molecule has 0 aliphatic heterocycles. The van der Waals surface area contributed by atoms with Crippen LogP contribution in [0.3, 0.4) is 0 Å². The molecule has 0 amide bonds. The number of ketones is 1. The molecule has 0 aromatic heterocycles. The minimum atomic E-state index is -4.45. The Bertz CT molecular complexity index is 338. The lowest BCUT2D eigenvalue weighted by atomic mass is 10.0. The van der Waals surface area contributed by atoms with E-state index in [1.54, 1.807) is 0 Å². The molecule has 1 atom stereocenters. The fourth-order valence-electron chi connectivity index (χ4n) is 0.856. The Morgan fingerprint density at radius 2 is 2.23 bits per heavy atom. The fraction of sp³-hybridized carbons (Fsp3) is 0.571. The van der Waals surface area contributed by atoms with Gasteiger partial charge in [-0.05, 0) is 12.0 Å². The summed E-state index contributed by atoms with van der Waals surface area (Å²) in [4.78, 5) is 9.06. The Morgan fingerprint density at radius 3 is 2.46 bits per heavy atom. The van der Waals surface area contributed by atoms with E-state index in [4.69, 9.17) is 7.16 Å². The maximum absolute atomic E-state index is 11.3. The van der Waals surface area contributed by atoms with Crippen LogP contribution in [0, 0.1) is 5.92 Å². The fourth-order valence-corrected chi connectivity index (χ4v) is 1.76. The Morgan fingerprint density at radius 1 is 1.77 bits per heavy atom. The van der Waals surface area contributed by atoms with Gasteiger partial charge in [-0.15, -0.1) is 0 Å². The highest BCUT2D eigenvalue weighted by atomic mass is 32.2. The zero-order valence-electron chi connectivity index (χ0n) is 8.48. The molecule has 6 heteroatoms. The van der Waals surface area contributed by atoms with Gasteiger partial charge in [-0.25, -0.2) is 0 Å². The van der Waals surface area contributed by atoms with Crippen LogP contribution in [-0.4, -0.2) is 23.6 Å². The molecule has 5 nitrogen and oxygen atoms in total. The smallest absolute Gasteiger partial charge is 0.291 e. The summed E-state index contributed by atoms with van der Waals surface area (Å²) in [5.74, 6) is -1.61. The minimum absolute atomic E-state index is 0.719. The highest BCUT2D eigenvalue weighted by Crippen LogP contribution is 2.21. The van der Waals surface area contributed by atoms with Crippen molar-refractivity contribution in [2.75, 3.05) is 0 Å². The number of carbonyl (C=O) groups is 1. The van der Waals surface area contributed by atoms with Gasteiger partial charge in [0.25, 0.3) is 10.1 Å². The monoisotopic (exact) mass is 208 g/mol. The molecule has 0 spiro atoms. The maximum atomic E-state index is 11.3. The molecular formula is C7H13NO4S. The van der Waals surface area contributed by atoms with Gasteiger partial charge in [0.05, 0.1) is 0 Å². The summed E-state index contributed by atoms with van der Waals surface area (Å²) in [6.45, 7) is 6.03. The number of rotatable bonds is 5. The van der Waals surface area contributed by atoms with Gasteiger partial charge in [-0.2, -0.15) is 8.42 Å². The van der Waals surface area contributed by atoms with Crippen LogP contribution in [-0.2, 0) is 14.9 Å². The van der Waals surface area contributed by atoms with E-state index in [0.717, 1.165) is 6.08 Å². The minimum Gasteiger partial charge on any atom is -0.304 e. The average molecular weight is 208 g/mol. The van der Waals surface area contributed by atoms with Gasteiger partial charge in [0.2, 0.25) is 6.30 Å². The summed E-state index contributed by atoms with van der Waals surface area (Å²) in [6, 6.07) is 0. The predicted molar refractivity (Wildman–Crippen MR) is 48.5 cm³/mol. The largest absolute Gasteiger partial charge is 0.304 e. The Balaban J connectivity index is 5.56. The van der Waals surface area contributed by atoms with Crippen molar-refractivity contribution in [3.8, 4) is 0 Å². The second kappa shape index (κ2) is 3.57. The molecule has 0 saturated carbocycles. The second-order valence-electron chi connectivity index (χ2n) is 2.97. The Labute approximate surface area is 78.9 Å². The lowest BCUT2D eigenvalue weighted by molar-refractivity contribution is -0.118. The molecule has 3 N–H and O–H groups in total. The van der Waals surface area contributed by atoms with E-state index in [0.29, 0.717) is 0 Å². The topological polar surface area (TPSA) is 97.5 Å². The third-order valence-corrected chi connectivity index (χ3v) is 3.34. The average Bonchev–Trinajstić information content (AvgIpc) is 2.14. The summed E-state index contributed by atoms with van der Waals surface area (Å²) >= 11 is 0. The van der Waals surface area contributed by atoms with Gasteiger partial charge in [0, 0.05) is 0 Å². The SMILES string of the molecule is [2H]OS(=O)(=O)C(N)(C(=O)C=C)C(C)C. The zero-order valence-corrected chi connectivity index (χ0v) is 8.30. The van der Waals surface area contributed by atoms with Crippen LogP contribution in [0.15, 0.2) is 12.7 Å². The van der Waals surface area contributed by atoms with Crippen molar-refractivity contribution in [1.29, 1.82) is 1.43 Å². The first-order chi connectivity index (χ1) is 6.24. The number of carbonyl (C=O) groups excluding carboxylic acids is 1. The van der Waals surface area contributed by atoms with Crippen LogP contribution in [0.25, 0.3) is 1.43 Å². The van der Waals surface area contributed by atoms with E-state index in [1.165, 1.54) is 13.8 Å². The molecule has 0 rings (SSSR count). The van der Waals surface area contributed by atoms with Crippen LogP contribution < -0.4 is 5.73 Å². The predicted octanol–water partition coefficient (Wildman–Crippen LogP) is -0.0597. The molecule has 0 aliphatic rings. The van der Waals surface area contributed by atoms with Crippen LogP contribution in [0.4, 0.5) is 0 Å². The van der Waals surface area contributed by atoms with Crippen molar-refractivity contribution >= 4 is 15.9 Å². The summed E-state index contributed by atoms with van der Waals surface area (Å²) in [5.41, 5.74) is 5.43. The van der Waals surface area contributed by atoms with Crippen molar-refractivity contribution in [2.45, 2.75) is 18.7 Å². The Kier molecular flexibility index (Phi) is 2.84. The first-order valence-electron chi connectivity index (χ1n) is 4.00. The van der Waals surface area contributed by atoms with Crippen molar-refractivity contribution in [1.82, 2.24) is 0 Å². The lowest BCUT2D eigenvalue weighted by Crippen LogP contribution is -2.57. The molecular weight excluding hydrogens is 194 g/mol.